The van der Waals surface area contributed by atoms with Gasteiger partial charge in [0.25, 0.3) is 0 Å². The van der Waals surface area contributed by atoms with E-state index in [4.69, 9.17) is 9.73 Å². The number of anilines is 1. The van der Waals surface area contributed by atoms with Crippen LogP contribution in [-0.4, -0.2) is 25.8 Å². The molecule has 0 radical (unpaired) electrons. The Kier molecular flexibility index (Phi) is 5.01. The van der Waals surface area contributed by atoms with Gasteiger partial charge in [0.1, 0.15) is 11.5 Å². The van der Waals surface area contributed by atoms with E-state index in [1.54, 1.807) is 0 Å². The first-order chi connectivity index (χ1) is 13.3. The minimum Gasteiger partial charge on any atom is -0.457 e. The van der Waals surface area contributed by atoms with Crippen LogP contribution in [0.5, 0.6) is 11.5 Å². The number of likely N-dealkylation sites (N-methyl/N-ethyl adjacent to an activating group) is 1. The number of benzodiazepines with no additional fused rings is 1. The first kappa shape index (κ1) is 17.1. The summed E-state index contributed by atoms with van der Waals surface area (Å²) < 4.78 is 5.85. The highest BCUT2D eigenvalue weighted by Gasteiger charge is 2.13. The second kappa shape index (κ2) is 7.92. The van der Waals surface area contributed by atoms with Gasteiger partial charge in [0, 0.05) is 24.8 Å². The third-order valence-corrected chi connectivity index (χ3v) is 4.60. The summed E-state index contributed by atoms with van der Waals surface area (Å²) in [5.74, 6) is 1.67. The van der Waals surface area contributed by atoms with Gasteiger partial charge in [-0.2, -0.15) is 0 Å². The van der Waals surface area contributed by atoms with E-state index in [0.29, 0.717) is 0 Å². The molecule has 0 aliphatic carbocycles. The fourth-order valence-electron chi connectivity index (χ4n) is 3.14. The van der Waals surface area contributed by atoms with Gasteiger partial charge in [0.05, 0.1) is 12.3 Å². The predicted octanol–water partition coefficient (Wildman–Crippen LogP) is 5.43. The van der Waals surface area contributed by atoms with E-state index in [1.165, 1.54) is 11.3 Å². The van der Waals surface area contributed by atoms with Crippen LogP contribution in [-0.2, 0) is 0 Å². The van der Waals surface area contributed by atoms with Gasteiger partial charge in [-0.3, -0.25) is 4.99 Å². The van der Waals surface area contributed by atoms with Gasteiger partial charge in [-0.15, -0.1) is 0 Å². The van der Waals surface area contributed by atoms with Crippen molar-refractivity contribution in [2.24, 2.45) is 4.99 Å². The lowest BCUT2D eigenvalue weighted by atomic mass is 10.1. The molecule has 0 amide bonds. The maximum absolute atomic E-state index is 5.85. The smallest absolute Gasteiger partial charge is 0.127 e. The molecule has 3 nitrogen and oxygen atoms in total. The maximum Gasteiger partial charge on any atom is 0.127 e. The van der Waals surface area contributed by atoms with Crippen molar-refractivity contribution in [1.82, 2.24) is 0 Å². The molecule has 1 aliphatic heterocycles. The van der Waals surface area contributed by atoms with Gasteiger partial charge in [-0.25, -0.2) is 0 Å². The fourth-order valence-corrected chi connectivity index (χ4v) is 3.14. The molecule has 0 saturated heterocycles. The molecule has 4 rings (SSSR count). The Labute approximate surface area is 160 Å². The van der Waals surface area contributed by atoms with Crippen LogP contribution >= 0.6 is 0 Å². The largest absolute Gasteiger partial charge is 0.457 e. The molecular formula is C24H22N2O. The number of nitrogens with zero attached hydrogens (tertiary/aromatic N) is 2. The molecular weight excluding hydrogens is 332 g/mol. The summed E-state index contributed by atoms with van der Waals surface area (Å²) in [6.45, 7) is 1.73. The maximum atomic E-state index is 5.85. The SMILES string of the molecule is CN1CCN=C(/C=C/c2ccc(Oc3ccccc3)cc2)c2ccccc21. The molecule has 3 heteroatoms. The Hall–Kier alpha value is -3.33. The van der Waals surface area contributed by atoms with E-state index in [9.17, 15) is 0 Å². The molecule has 0 bridgehead atoms. The third kappa shape index (κ3) is 4.09. The molecule has 0 spiro atoms. The number of fused-ring (bicyclic) bond motifs is 1. The molecule has 3 aromatic rings. The van der Waals surface area contributed by atoms with E-state index in [2.05, 4.69) is 60.5 Å². The number of rotatable bonds is 4. The fraction of sp³-hybridized carbons (Fsp3) is 0.125. The molecule has 0 unspecified atom stereocenters. The van der Waals surface area contributed by atoms with Crippen molar-refractivity contribution in [2.45, 2.75) is 0 Å². The lowest BCUT2D eigenvalue weighted by Gasteiger charge is -2.18. The monoisotopic (exact) mass is 354 g/mol. The van der Waals surface area contributed by atoms with Crippen molar-refractivity contribution in [3.05, 3.63) is 96.1 Å². The van der Waals surface area contributed by atoms with E-state index in [0.717, 1.165) is 35.9 Å². The Morgan fingerprint density at radius 3 is 2.33 bits per heavy atom. The Bertz CT molecular complexity index is 959. The number of allylic oxidation sites excluding steroid dienone is 1. The van der Waals surface area contributed by atoms with E-state index in [-0.39, 0.29) is 0 Å². The zero-order valence-electron chi connectivity index (χ0n) is 15.4. The molecule has 3 aromatic carbocycles. The number of para-hydroxylation sites is 2. The second-order valence-corrected chi connectivity index (χ2v) is 6.52. The van der Waals surface area contributed by atoms with Crippen molar-refractivity contribution in [3.63, 3.8) is 0 Å². The summed E-state index contributed by atoms with van der Waals surface area (Å²) in [5.41, 5.74) is 4.55. The van der Waals surface area contributed by atoms with Crippen LogP contribution in [0.15, 0.2) is 89.9 Å². The normalized spacial score (nSPS) is 13.8. The van der Waals surface area contributed by atoms with Crippen molar-refractivity contribution >= 4 is 17.5 Å². The average molecular weight is 354 g/mol. The highest BCUT2D eigenvalue weighted by atomic mass is 16.5. The second-order valence-electron chi connectivity index (χ2n) is 6.52. The summed E-state index contributed by atoms with van der Waals surface area (Å²) in [6, 6.07) is 26.3. The Morgan fingerprint density at radius 1 is 0.815 bits per heavy atom. The van der Waals surface area contributed by atoms with Crippen LogP contribution in [0.1, 0.15) is 11.1 Å². The van der Waals surface area contributed by atoms with Crippen LogP contribution in [0.4, 0.5) is 5.69 Å². The van der Waals surface area contributed by atoms with Gasteiger partial charge >= 0.3 is 0 Å². The van der Waals surface area contributed by atoms with Crippen molar-refractivity contribution < 1.29 is 4.74 Å². The number of benzene rings is 3. The summed E-state index contributed by atoms with van der Waals surface area (Å²) in [4.78, 5) is 7.03. The minimum atomic E-state index is 0.800. The molecule has 0 fully saturated rings. The quantitative estimate of drug-likeness (QED) is 0.624. The summed E-state index contributed by atoms with van der Waals surface area (Å²) >= 11 is 0. The molecule has 0 atom stereocenters. The van der Waals surface area contributed by atoms with Gasteiger partial charge in [0.2, 0.25) is 0 Å². The van der Waals surface area contributed by atoms with Crippen LogP contribution in [0.2, 0.25) is 0 Å². The zero-order chi connectivity index (χ0) is 18.5. The highest BCUT2D eigenvalue weighted by Crippen LogP contribution is 2.24. The standard InChI is InChI=1S/C24H22N2O/c1-26-18-17-25-23(22-9-5-6-10-24(22)26)16-13-19-11-14-21(15-12-19)27-20-7-3-2-4-8-20/h2-16H,17-18H2,1H3/b16-13+. The molecule has 0 saturated carbocycles. The molecule has 27 heavy (non-hydrogen) atoms. The van der Waals surface area contributed by atoms with Crippen LogP contribution < -0.4 is 9.64 Å². The van der Waals surface area contributed by atoms with E-state index in [1.807, 2.05) is 42.5 Å². The third-order valence-electron chi connectivity index (χ3n) is 4.60. The Morgan fingerprint density at radius 2 is 1.52 bits per heavy atom. The molecule has 0 N–H and O–H groups in total. The molecule has 1 heterocycles. The van der Waals surface area contributed by atoms with Crippen LogP contribution in [0.3, 0.4) is 0 Å². The first-order valence-electron chi connectivity index (χ1n) is 9.16. The minimum absolute atomic E-state index is 0.800. The Balaban J connectivity index is 1.51. The van der Waals surface area contributed by atoms with Gasteiger partial charge in [-0.1, -0.05) is 54.6 Å². The van der Waals surface area contributed by atoms with Gasteiger partial charge < -0.3 is 9.64 Å². The summed E-state index contributed by atoms with van der Waals surface area (Å²) in [5, 5.41) is 0. The predicted molar refractivity (Wildman–Crippen MR) is 113 cm³/mol. The molecule has 1 aliphatic rings. The zero-order valence-corrected chi connectivity index (χ0v) is 15.4. The van der Waals surface area contributed by atoms with Crippen molar-refractivity contribution in [2.75, 3.05) is 25.0 Å². The number of aliphatic imine (C=N–C) groups is 1. The average Bonchev–Trinajstić information content (AvgIpc) is 2.87. The van der Waals surface area contributed by atoms with Crippen LogP contribution in [0, 0.1) is 0 Å². The first-order valence-corrected chi connectivity index (χ1v) is 9.16. The lowest BCUT2D eigenvalue weighted by molar-refractivity contribution is 0.482. The molecule has 0 aromatic heterocycles. The van der Waals surface area contributed by atoms with Gasteiger partial charge in [0.15, 0.2) is 0 Å². The summed E-state index contributed by atoms with van der Waals surface area (Å²) in [6.07, 6.45) is 4.21. The van der Waals surface area contributed by atoms with Crippen molar-refractivity contribution in [3.8, 4) is 11.5 Å². The summed E-state index contributed by atoms with van der Waals surface area (Å²) in [7, 11) is 2.12. The van der Waals surface area contributed by atoms with E-state index < -0.39 is 0 Å². The number of hydrogen-bond donors (Lipinski definition) is 0. The number of ether oxygens (including phenoxy) is 1. The van der Waals surface area contributed by atoms with E-state index >= 15 is 0 Å². The molecule has 134 valence electrons. The van der Waals surface area contributed by atoms with Crippen LogP contribution in [0.25, 0.3) is 6.08 Å². The lowest BCUT2D eigenvalue weighted by Crippen LogP contribution is -2.20. The topological polar surface area (TPSA) is 24.8 Å². The number of hydrogen-bond acceptors (Lipinski definition) is 3. The van der Waals surface area contributed by atoms with Crippen molar-refractivity contribution in [1.29, 1.82) is 0 Å². The highest BCUT2D eigenvalue weighted by molar-refractivity contribution is 6.14. The van der Waals surface area contributed by atoms with Gasteiger partial charge in [-0.05, 0) is 42.0 Å².